The zero-order valence-corrected chi connectivity index (χ0v) is 10.2. The van der Waals surface area contributed by atoms with Crippen molar-refractivity contribution >= 4 is 5.82 Å². The van der Waals surface area contributed by atoms with E-state index in [0.29, 0.717) is 5.92 Å². The van der Waals surface area contributed by atoms with Crippen LogP contribution in [0.25, 0.3) is 0 Å². The fourth-order valence-corrected chi connectivity index (χ4v) is 1.86. The van der Waals surface area contributed by atoms with Gasteiger partial charge in [0.25, 0.3) is 0 Å². The van der Waals surface area contributed by atoms with Gasteiger partial charge in [0.1, 0.15) is 5.82 Å². The fraction of sp³-hybridized carbons (Fsp3) is 0.750. The predicted octanol–water partition coefficient (Wildman–Crippen LogP) is 3.17. The average Bonchev–Trinajstić information content (AvgIpc) is 2.57. The maximum absolute atomic E-state index is 6.08. The van der Waals surface area contributed by atoms with Gasteiger partial charge >= 0.3 is 0 Å². The van der Waals surface area contributed by atoms with E-state index < -0.39 is 0 Å². The van der Waals surface area contributed by atoms with Crippen LogP contribution in [0.3, 0.4) is 0 Å². The highest BCUT2D eigenvalue weighted by molar-refractivity contribution is 5.38. The van der Waals surface area contributed by atoms with Gasteiger partial charge in [0.05, 0.1) is 12.0 Å². The summed E-state index contributed by atoms with van der Waals surface area (Å²) >= 11 is 0. The lowest BCUT2D eigenvalue weighted by Gasteiger charge is -2.09. The summed E-state index contributed by atoms with van der Waals surface area (Å²) < 4.78 is 2.07. The molecule has 1 atom stereocenters. The molecule has 3 heteroatoms. The molecule has 0 aromatic carbocycles. The van der Waals surface area contributed by atoms with Gasteiger partial charge < -0.3 is 10.3 Å². The Morgan fingerprint density at radius 3 is 2.73 bits per heavy atom. The van der Waals surface area contributed by atoms with Crippen molar-refractivity contribution in [1.29, 1.82) is 0 Å². The molecule has 1 rings (SSSR count). The Morgan fingerprint density at radius 1 is 1.40 bits per heavy atom. The van der Waals surface area contributed by atoms with Crippen molar-refractivity contribution in [1.82, 2.24) is 9.55 Å². The van der Waals surface area contributed by atoms with E-state index in [-0.39, 0.29) is 0 Å². The molecule has 0 saturated heterocycles. The highest BCUT2D eigenvalue weighted by Crippen LogP contribution is 2.24. The molecule has 0 radical (unpaired) electrons. The van der Waals surface area contributed by atoms with Crippen LogP contribution < -0.4 is 5.73 Å². The number of anilines is 1. The van der Waals surface area contributed by atoms with Crippen molar-refractivity contribution < 1.29 is 0 Å². The number of hydrogen-bond donors (Lipinski definition) is 1. The second-order valence-electron chi connectivity index (χ2n) is 4.25. The van der Waals surface area contributed by atoms with Crippen molar-refractivity contribution in [3.63, 3.8) is 0 Å². The van der Waals surface area contributed by atoms with Crippen LogP contribution in [-0.2, 0) is 6.54 Å². The van der Waals surface area contributed by atoms with E-state index in [1.54, 1.807) is 0 Å². The monoisotopic (exact) mass is 209 g/mol. The summed E-state index contributed by atoms with van der Waals surface area (Å²) in [6.45, 7) is 7.58. The lowest BCUT2D eigenvalue weighted by atomic mass is 10.0. The van der Waals surface area contributed by atoms with Crippen LogP contribution in [0.15, 0.2) is 6.33 Å². The number of nitrogen functional groups attached to an aromatic ring is 1. The molecule has 0 amide bonds. The second kappa shape index (κ2) is 5.79. The Balaban J connectivity index is 2.70. The molecule has 1 aromatic rings. The first kappa shape index (κ1) is 12.1. The predicted molar refractivity (Wildman–Crippen MR) is 64.9 cm³/mol. The molecule has 0 aliphatic heterocycles. The standard InChI is InChI=1S/C12H23N3/c1-4-6-8-15-9-14-11(12(15)13)10(3)7-5-2/h9-10H,4-8,13H2,1-3H3. The number of aromatic nitrogens is 2. The minimum Gasteiger partial charge on any atom is -0.384 e. The highest BCUT2D eigenvalue weighted by atomic mass is 15.1. The van der Waals surface area contributed by atoms with E-state index in [0.717, 1.165) is 24.5 Å². The maximum atomic E-state index is 6.08. The van der Waals surface area contributed by atoms with Gasteiger partial charge in [0.2, 0.25) is 0 Å². The van der Waals surface area contributed by atoms with E-state index in [1.807, 2.05) is 6.33 Å². The van der Waals surface area contributed by atoms with Gasteiger partial charge in [-0.2, -0.15) is 0 Å². The third kappa shape index (κ3) is 2.98. The van der Waals surface area contributed by atoms with Gasteiger partial charge in [-0.3, -0.25) is 0 Å². The van der Waals surface area contributed by atoms with Crippen LogP contribution in [-0.4, -0.2) is 9.55 Å². The molecule has 0 aliphatic carbocycles. The minimum atomic E-state index is 0.484. The average molecular weight is 209 g/mol. The highest BCUT2D eigenvalue weighted by Gasteiger charge is 2.13. The summed E-state index contributed by atoms with van der Waals surface area (Å²) in [6, 6.07) is 0. The summed E-state index contributed by atoms with van der Waals surface area (Å²) in [5.74, 6) is 1.35. The van der Waals surface area contributed by atoms with Crippen LogP contribution in [0.5, 0.6) is 0 Å². The Kier molecular flexibility index (Phi) is 4.66. The number of nitrogens with two attached hydrogens (primary N) is 1. The Hall–Kier alpha value is -0.990. The number of rotatable bonds is 6. The van der Waals surface area contributed by atoms with Gasteiger partial charge in [0.15, 0.2) is 0 Å². The van der Waals surface area contributed by atoms with Crippen LogP contribution in [0.4, 0.5) is 5.82 Å². The van der Waals surface area contributed by atoms with Gasteiger partial charge in [-0.25, -0.2) is 4.98 Å². The van der Waals surface area contributed by atoms with Crippen LogP contribution in [0.1, 0.15) is 58.1 Å². The molecule has 1 unspecified atom stereocenters. The smallest absolute Gasteiger partial charge is 0.126 e. The number of imidazole rings is 1. The molecular formula is C12H23N3. The zero-order valence-electron chi connectivity index (χ0n) is 10.2. The van der Waals surface area contributed by atoms with Crippen molar-refractivity contribution in [3.05, 3.63) is 12.0 Å². The van der Waals surface area contributed by atoms with Crippen molar-refractivity contribution in [2.75, 3.05) is 5.73 Å². The summed E-state index contributed by atoms with van der Waals surface area (Å²) in [4.78, 5) is 4.43. The summed E-state index contributed by atoms with van der Waals surface area (Å²) in [5.41, 5.74) is 7.15. The molecule has 0 saturated carbocycles. The van der Waals surface area contributed by atoms with Gasteiger partial charge in [-0.05, 0) is 12.8 Å². The molecule has 0 spiro atoms. The molecule has 1 heterocycles. The van der Waals surface area contributed by atoms with E-state index >= 15 is 0 Å². The van der Waals surface area contributed by atoms with E-state index in [1.165, 1.54) is 19.3 Å². The lowest BCUT2D eigenvalue weighted by molar-refractivity contribution is 0.633. The Labute approximate surface area is 92.7 Å². The largest absolute Gasteiger partial charge is 0.384 e. The van der Waals surface area contributed by atoms with Crippen molar-refractivity contribution in [3.8, 4) is 0 Å². The van der Waals surface area contributed by atoms with E-state index in [9.17, 15) is 0 Å². The zero-order chi connectivity index (χ0) is 11.3. The second-order valence-corrected chi connectivity index (χ2v) is 4.25. The third-order valence-corrected chi connectivity index (χ3v) is 2.85. The number of aryl methyl sites for hydroxylation is 1. The normalized spacial score (nSPS) is 13.0. The van der Waals surface area contributed by atoms with E-state index in [4.69, 9.17) is 5.73 Å². The Morgan fingerprint density at radius 2 is 2.13 bits per heavy atom. The number of nitrogens with zero attached hydrogens (tertiary/aromatic N) is 2. The van der Waals surface area contributed by atoms with Crippen LogP contribution in [0.2, 0.25) is 0 Å². The number of unbranched alkanes of at least 4 members (excludes halogenated alkanes) is 1. The third-order valence-electron chi connectivity index (χ3n) is 2.85. The molecular weight excluding hydrogens is 186 g/mol. The van der Waals surface area contributed by atoms with Crippen molar-refractivity contribution in [2.45, 2.75) is 58.9 Å². The molecule has 0 aliphatic rings. The number of hydrogen-bond acceptors (Lipinski definition) is 2. The topological polar surface area (TPSA) is 43.8 Å². The molecule has 1 aromatic heterocycles. The van der Waals surface area contributed by atoms with Crippen molar-refractivity contribution in [2.24, 2.45) is 0 Å². The first-order chi connectivity index (χ1) is 7.20. The summed E-state index contributed by atoms with van der Waals surface area (Å²) in [5, 5.41) is 0. The molecule has 2 N–H and O–H groups in total. The lowest BCUT2D eigenvalue weighted by Crippen LogP contribution is -2.05. The fourth-order valence-electron chi connectivity index (χ4n) is 1.86. The minimum absolute atomic E-state index is 0.484. The first-order valence-electron chi connectivity index (χ1n) is 6.01. The Bertz CT molecular complexity index is 291. The molecule has 0 fully saturated rings. The molecule has 3 nitrogen and oxygen atoms in total. The molecule has 15 heavy (non-hydrogen) atoms. The van der Waals surface area contributed by atoms with Gasteiger partial charge in [-0.15, -0.1) is 0 Å². The maximum Gasteiger partial charge on any atom is 0.126 e. The summed E-state index contributed by atoms with van der Waals surface area (Å²) in [7, 11) is 0. The van der Waals surface area contributed by atoms with Gasteiger partial charge in [0, 0.05) is 12.5 Å². The van der Waals surface area contributed by atoms with Crippen LogP contribution in [0, 0.1) is 0 Å². The van der Waals surface area contributed by atoms with E-state index in [2.05, 4.69) is 30.3 Å². The summed E-state index contributed by atoms with van der Waals surface area (Å²) in [6.07, 6.45) is 6.59. The van der Waals surface area contributed by atoms with Crippen LogP contribution >= 0.6 is 0 Å². The first-order valence-corrected chi connectivity index (χ1v) is 6.01. The molecule has 0 bridgehead atoms. The molecule has 86 valence electrons. The van der Waals surface area contributed by atoms with Gasteiger partial charge in [-0.1, -0.05) is 33.6 Å². The SMILES string of the molecule is CCCCn1cnc(C(C)CCC)c1N. The quantitative estimate of drug-likeness (QED) is 0.782.